The molecule has 33 heavy (non-hydrogen) atoms. The van der Waals surface area contributed by atoms with Crippen molar-refractivity contribution < 1.29 is 44.3 Å². The van der Waals surface area contributed by atoms with Gasteiger partial charge in [0.1, 0.15) is 12.2 Å². The van der Waals surface area contributed by atoms with E-state index in [1.807, 2.05) is 4.90 Å². The first-order chi connectivity index (χ1) is 15.6. The first kappa shape index (κ1) is 27.0. The predicted molar refractivity (Wildman–Crippen MR) is 117 cm³/mol. The number of nitrogens with zero attached hydrogens (tertiary/aromatic N) is 1. The van der Waals surface area contributed by atoms with Gasteiger partial charge >= 0.3 is 17.9 Å². The average molecular weight is 470 g/mol. The molecule has 0 saturated carbocycles. The van der Waals surface area contributed by atoms with Crippen molar-refractivity contribution in [3.63, 3.8) is 0 Å². The molecule has 3 rings (SSSR count). The molecule has 10 nitrogen and oxygen atoms in total. The quantitative estimate of drug-likeness (QED) is 0.174. The van der Waals surface area contributed by atoms with Crippen molar-refractivity contribution in [2.24, 2.45) is 11.8 Å². The molecule has 3 aliphatic rings. The van der Waals surface area contributed by atoms with E-state index in [2.05, 4.69) is 19.9 Å². The maximum atomic E-state index is 12.6. The van der Waals surface area contributed by atoms with Gasteiger partial charge in [0.15, 0.2) is 0 Å². The molecule has 1 aliphatic carbocycles. The van der Waals surface area contributed by atoms with E-state index in [0.29, 0.717) is 31.8 Å². The van der Waals surface area contributed by atoms with Crippen LogP contribution in [0.1, 0.15) is 39.5 Å². The summed E-state index contributed by atoms with van der Waals surface area (Å²) in [5, 5.41) is 34.1. The molecule has 5 atom stereocenters. The van der Waals surface area contributed by atoms with Crippen molar-refractivity contribution in [3.8, 4) is 0 Å². The second-order valence-electron chi connectivity index (χ2n) is 8.91. The van der Waals surface area contributed by atoms with E-state index in [9.17, 15) is 24.6 Å². The largest absolute Gasteiger partial charge is 0.478 e. The summed E-state index contributed by atoms with van der Waals surface area (Å²) in [6.07, 6.45) is 7.09. The van der Waals surface area contributed by atoms with E-state index in [4.69, 9.17) is 19.7 Å². The van der Waals surface area contributed by atoms with Crippen LogP contribution in [0.2, 0.25) is 0 Å². The van der Waals surface area contributed by atoms with E-state index in [1.165, 1.54) is 5.57 Å². The van der Waals surface area contributed by atoms with Crippen LogP contribution >= 0.6 is 0 Å². The van der Waals surface area contributed by atoms with Gasteiger partial charge in [0.2, 0.25) is 0 Å². The van der Waals surface area contributed by atoms with Gasteiger partial charge in [0.05, 0.1) is 24.7 Å². The number of carbonyl (C=O) groups is 3. The first-order valence-electron chi connectivity index (χ1n) is 11.2. The summed E-state index contributed by atoms with van der Waals surface area (Å²) < 4.78 is 11.8. The van der Waals surface area contributed by atoms with Crippen molar-refractivity contribution in [1.82, 2.24) is 4.90 Å². The Morgan fingerprint density at radius 3 is 2.33 bits per heavy atom. The fourth-order valence-corrected chi connectivity index (χ4v) is 4.55. The van der Waals surface area contributed by atoms with Gasteiger partial charge in [-0.25, -0.2) is 9.59 Å². The number of aliphatic hydroxyl groups excluding tert-OH is 2. The lowest BCUT2D eigenvalue weighted by Crippen LogP contribution is -2.39. The third-order valence-corrected chi connectivity index (χ3v) is 6.39. The van der Waals surface area contributed by atoms with Crippen LogP contribution in [0.15, 0.2) is 23.8 Å². The number of fused-ring (bicyclic) bond motifs is 3. The summed E-state index contributed by atoms with van der Waals surface area (Å²) in [6, 6.07) is 0. The van der Waals surface area contributed by atoms with Crippen LogP contribution in [0.25, 0.3) is 0 Å². The number of carbonyl (C=O) groups excluding carboxylic acids is 1. The Balaban J connectivity index is 0.000000414. The Morgan fingerprint density at radius 1 is 1.18 bits per heavy atom. The number of ether oxygens (including phenoxy) is 2. The zero-order chi connectivity index (χ0) is 24.6. The molecular formula is C23H35NO9. The van der Waals surface area contributed by atoms with Crippen LogP contribution in [0.5, 0.6) is 0 Å². The van der Waals surface area contributed by atoms with Crippen LogP contribution in [-0.2, 0) is 23.9 Å². The number of carboxylic acid groups (broad SMARTS) is 2. The van der Waals surface area contributed by atoms with Crippen molar-refractivity contribution in [3.05, 3.63) is 23.8 Å². The number of allylic oxidation sites excluding steroid dienone is 2. The molecule has 186 valence electrons. The van der Waals surface area contributed by atoms with Gasteiger partial charge in [-0.05, 0) is 39.5 Å². The van der Waals surface area contributed by atoms with Crippen LogP contribution in [-0.4, -0.2) is 93.9 Å². The van der Waals surface area contributed by atoms with Gasteiger partial charge in [0.25, 0.3) is 0 Å². The Kier molecular flexibility index (Phi) is 10.0. The highest BCUT2D eigenvalue weighted by atomic mass is 16.6. The minimum absolute atomic E-state index is 0.00221. The lowest BCUT2D eigenvalue weighted by molar-refractivity contribution is -0.145. The summed E-state index contributed by atoms with van der Waals surface area (Å²) in [5.74, 6) is -2.76. The molecule has 2 fully saturated rings. The van der Waals surface area contributed by atoms with Gasteiger partial charge in [-0.3, -0.25) is 9.69 Å². The van der Waals surface area contributed by atoms with Crippen LogP contribution in [0, 0.1) is 11.8 Å². The van der Waals surface area contributed by atoms with Gasteiger partial charge in [-0.2, -0.15) is 0 Å². The molecule has 0 aromatic heterocycles. The second kappa shape index (κ2) is 12.3. The number of epoxide rings is 1. The van der Waals surface area contributed by atoms with Crippen LogP contribution < -0.4 is 0 Å². The van der Waals surface area contributed by atoms with Crippen molar-refractivity contribution in [2.75, 3.05) is 32.8 Å². The van der Waals surface area contributed by atoms with Crippen molar-refractivity contribution >= 4 is 17.9 Å². The Bertz CT molecular complexity index is 743. The molecule has 0 unspecified atom stereocenters. The molecule has 0 spiro atoms. The summed E-state index contributed by atoms with van der Waals surface area (Å²) in [6.45, 7) is 5.73. The zero-order valence-corrected chi connectivity index (χ0v) is 19.2. The number of aliphatic hydroxyl groups is 2. The predicted octanol–water partition coefficient (Wildman–Crippen LogP) is 0.820. The number of hydrogen-bond acceptors (Lipinski definition) is 8. The highest BCUT2D eigenvalue weighted by molar-refractivity contribution is 5.89. The summed E-state index contributed by atoms with van der Waals surface area (Å²) in [7, 11) is 0. The summed E-state index contributed by atoms with van der Waals surface area (Å²) >= 11 is 0. The minimum atomic E-state index is -1.26. The van der Waals surface area contributed by atoms with Crippen molar-refractivity contribution in [2.45, 2.75) is 57.3 Å². The third-order valence-electron chi connectivity index (χ3n) is 6.39. The SMILES string of the molecule is C/C1=C\CC[C@@]2(C)O[C@@H]2[C@H]2OC(=O)[C@@H](CN(CCO)CCO)[C@@H]2CC1.O=C(O)/C=C/C(=O)O. The Morgan fingerprint density at radius 2 is 1.79 bits per heavy atom. The fraction of sp³-hybridized carbons (Fsp3) is 0.696. The molecular weight excluding hydrogens is 434 g/mol. The highest BCUT2D eigenvalue weighted by Crippen LogP contribution is 2.50. The van der Waals surface area contributed by atoms with Crippen molar-refractivity contribution in [1.29, 1.82) is 0 Å². The minimum Gasteiger partial charge on any atom is -0.478 e. The first-order valence-corrected chi connectivity index (χ1v) is 11.2. The highest BCUT2D eigenvalue weighted by Gasteiger charge is 2.62. The summed E-state index contributed by atoms with van der Waals surface area (Å²) in [5.41, 5.74) is 1.18. The molecule has 2 heterocycles. The topological polar surface area (TPSA) is 157 Å². The van der Waals surface area contributed by atoms with Gasteiger partial charge in [0, 0.05) is 37.7 Å². The molecule has 2 saturated heterocycles. The van der Waals surface area contributed by atoms with Gasteiger partial charge in [-0.15, -0.1) is 0 Å². The average Bonchev–Trinajstić information content (AvgIpc) is 3.31. The van der Waals surface area contributed by atoms with E-state index in [1.54, 1.807) is 0 Å². The molecule has 4 N–H and O–H groups in total. The van der Waals surface area contributed by atoms with Crippen LogP contribution in [0.4, 0.5) is 0 Å². The third kappa shape index (κ3) is 7.92. The molecule has 0 aromatic carbocycles. The number of hydrogen-bond donors (Lipinski definition) is 4. The van der Waals surface area contributed by atoms with E-state index >= 15 is 0 Å². The number of carboxylic acids is 2. The van der Waals surface area contributed by atoms with Gasteiger partial charge < -0.3 is 29.9 Å². The molecule has 10 heteroatoms. The van der Waals surface area contributed by atoms with E-state index < -0.39 is 11.9 Å². The fourth-order valence-electron chi connectivity index (χ4n) is 4.55. The smallest absolute Gasteiger partial charge is 0.328 e. The lowest BCUT2D eigenvalue weighted by atomic mass is 9.80. The summed E-state index contributed by atoms with van der Waals surface area (Å²) in [4.78, 5) is 33.6. The lowest BCUT2D eigenvalue weighted by Gasteiger charge is -2.27. The number of rotatable bonds is 8. The maximum Gasteiger partial charge on any atom is 0.328 e. The molecule has 0 bridgehead atoms. The Labute approximate surface area is 193 Å². The second-order valence-corrected chi connectivity index (χ2v) is 8.91. The number of aliphatic carboxylic acids is 2. The standard InChI is InChI=1S/C19H31NO5.C4H4O4/c1-13-4-3-7-19(2)17(25-19)16-14(6-5-13)15(18(23)24-16)12-20(8-10-21)9-11-22;5-3(6)1-2-4(7)8/h4,14-17,21-22H,3,5-12H2,1-2H3;1-2H,(H,5,6)(H,7,8)/b13-4+;2-1+/t14-,15-,16-,17+,19+;/m0./s1. The normalized spacial score (nSPS) is 32.6. The molecule has 0 radical (unpaired) electrons. The zero-order valence-electron chi connectivity index (χ0n) is 19.2. The van der Waals surface area contributed by atoms with E-state index in [0.717, 1.165) is 25.7 Å². The van der Waals surface area contributed by atoms with Crippen LogP contribution in [0.3, 0.4) is 0 Å². The molecule has 2 aliphatic heterocycles. The Hall–Kier alpha value is -2.27. The molecule has 0 amide bonds. The van der Waals surface area contributed by atoms with Gasteiger partial charge in [-0.1, -0.05) is 11.6 Å². The number of esters is 1. The maximum absolute atomic E-state index is 12.6. The molecule has 0 aromatic rings. The monoisotopic (exact) mass is 469 g/mol. The van der Waals surface area contributed by atoms with E-state index in [-0.39, 0.29) is 48.8 Å².